The largest absolute Gasteiger partial charge is 0.481 e. The fourth-order valence-electron chi connectivity index (χ4n) is 11.8. The van der Waals surface area contributed by atoms with Crippen molar-refractivity contribution < 1.29 is 46.6 Å². The summed E-state index contributed by atoms with van der Waals surface area (Å²) in [6, 6.07) is 20.6. The molecule has 2 saturated carbocycles. The number of rotatable bonds is 17. The first-order valence-corrected chi connectivity index (χ1v) is 27.8. The van der Waals surface area contributed by atoms with Crippen molar-refractivity contribution in [3.05, 3.63) is 124 Å². The Kier molecular flexibility index (Phi) is 15.2. The molecule has 6 heterocycles. The Morgan fingerprint density at radius 2 is 1.73 bits per heavy atom. The van der Waals surface area contributed by atoms with Crippen LogP contribution in [0.3, 0.4) is 0 Å². The van der Waals surface area contributed by atoms with Crippen molar-refractivity contribution in [2.75, 3.05) is 58.5 Å². The number of aliphatic hydroxyl groups is 1. The molecule has 1 amide bonds. The van der Waals surface area contributed by atoms with Crippen LogP contribution in [0.5, 0.6) is 29.1 Å². The number of pyridine rings is 3. The number of nitrogens with zero attached hydrogens (tertiary/aromatic N) is 7. The number of aromatic nitrogens is 4. The number of sulfonamides is 1. The Balaban J connectivity index is 0.858. The number of H-pyrrole nitrogens is 1. The maximum atomic E-state index is 14.9. The molecule has 0 unspecified atom stereocenters. The van der Waals surface area contributed by atoms with Crippen LogP contribution in [0.4, 0.5) is 15.8 Å². The molecule has 6 aromatic rings. The second-order valence-corrected chi connectivity index (χ2v) is 23.5. The summed E-state index contributed by atoms with van der Waals surface area (Å²) in [7, 11) is -1.77. The van der Waals surface area contributed by atoms with Gasteiger partial charge < -0.3 is 33.9 Å². The molecule has 77 heavy (non-hydrogen) atoms. The monoisotopic (exact) mass is 1080 g/mol. The van der Waals surface area contributed by atoms with Crippen molar-refractivity contribution in [1.29, 1.82) is 0 Å². The van der Waals surface area contributed by atoms with Crippen LogP contribution in [-0.2, 0) is 16.6 Å². The number of ether oxygens (including phenoxy) is 4. The number of fused-ring (bicyclic) bond motifs is 1. The Hall–Kier alpha value is -6.94. The van der Waals surface area contributed by atoms with Crippen molar-refractivity contribution >= 4 is 38.3 Å². The first kappa shape index (κ1) is 53.5. The summed E-state index contributed by atoms with van der Waals surface area (Å²) in [6.07, 6.45) is 10.3. The van der Waals surface area contributed by atoms with E-state index in [1.165, 1.54) is 35.9 Å². The normalized spacial score (nSPS) is 21.2. The lowest BCUT2D eigenvalue weighted by Gasteiger charge is -2.58. The number of nitrogens with one attached hydrogen (secondary N) is 2. The van der Waals surface area contributed by atoms with E-state index < -0.39 is 42.9 Å². The number of halogens is 1. The molecule has 1 atom stereocenters. The Bertz CT molecular complexity index is 3260. The van der Waals surface area contributed by atoms with Crippen LogP contribution in [0.25, 0.3) is 11.0 Å². The number of anilines is 1. The number of nitro groups is 1. The lowest BCUT2D eigenvalue weighted by atomic mass is 9.59. The highest BCUT2D eigenvalue weighted by Crippen LogP contribution is 2.53. The number of aromatic amines is 1. The van der Waals surface area contributed by atoms with Gasteiger partial charge in [-0.1, -0.05) is 38.1 Å². The van der Waals surface area contributed by atoms with Gasteiger partial charge in [0.25, 0.3) is 27.7 Å². The molecule has 21 heteroatoms. The number of hydrogen-bond donors (Lipinski definition) is 3. The number of piperazine rings is 1. The fraction of sp³-hybridized carbons (Fsp3) is 0.464. The van der Waals surface area contributed by atoms with Crippen LogP contribution >= 0.6 is 0 Å². The highest BCUT2D eigenvalue weighted by atomic mass is 32.2. The standard InChI is InChI=1S/C56H66FN9O10S/c1-35(2)41-8-6-7-9-42(41)47-33-63(32-37-14-19-58-50(24-37)73-4)22-23-65(47)39-28-56(29-39)17-20-64(21-18-56)38-10-11-43(48(25-38)76-49-27-44-45(57)31-59-51(44)61-54(49)74-5)52(67)62-77(71,72)40-26-46(66(69)70)53(60-30-40)75-34-36-12-15-55(3,68)16-13-36/h6-11,14,19,24-27,30-31,35-36,39,47,68H,12-13,15-18,20-23,28-29,32-34H2,1-5H3,(H,59,61)(H,62,67)/t36?,47-,55?/m0/s1. The first-order valence-electron chi connectivity index (χ1n) is 26.3. The van der Waals surface area contributed by atoms with Crippen LogP contribution < -0.4 is 28.6 Å². The van der Waals surface area contributed by atoms with Gasteiger partial charge in [0.15, 0.2) is 5.75 Å². The van der Waals surface area contributed by atoms with Gasteiger partial charge in [0.05, 0.1) is 48.5 Å². The molecule has 1 spiro atoms. The number of benzene rings is 2. The minimum Gasteiger partial charge on any atom is -0.481 e. The average Bonchev–Trinajstić information content (AvgIpc) is 3.82. The molecule has 4 aliphatic rings. The minimum absolute atomic E-state index is 0.0182. The van der Waals surface area contributed by atoms with Crippen LogP contribution in [0.2, 0.25) is 0 Å². The summed E-state index contributed by atoms with van der Waals surface area (Å²) in [5.74, 6) is -1.18. The third-order valence-corrected chi connectivity index (χ3v) is 17.5. The molecule has 4 aromatic heterocycles. The summed E-state index contributed by atoms with van der Waals surface area (Å²) in [5, 5.41) is 22.6. The lowest BCUT2D eigenvalue weighted by Crippen LogP contribution is -2.60. The summed E-state index contributed by atoms with van der Waals surface area (Å²) in [5.41, 5.74) is 3.33. The van der Waals surface area contributed by atoms with Gasteiger partial charge in [-0.25, -0.2) is 27.5 Å². The van der Waals surface area contributed by atoms with E-state index in [1.807, 2.05) is 10.8 Å². The molecule has 0 radical (unpaired) electrons. The third kappa shape index (κ3) is 11.5. The predicted octanol–water partition coefficient (Wildman–Crippen LogP) is 9.08. The molecular formula is C56H66FN9O10S. The van der Waals surface area contributed by atoms with Gasteiger partial charge in [-0.15, -0.1) is 0 Å². The van der Waals surface area contributed by atoms with E-state index in [0.29, 0.717) is 62.3 Å². The second-order valence-electron chi connectivity index (χ2n) is 21.8. The van der Waals surface area contributed by atoms with Crippen LogP contribution in [0.15, 0.2) is 90.2 Å². The molecule has 19 nitrogen and oxygen atoms in total. The molecule has 408 valence electrons. The van der Waals surface area contributed by atoms with Crippen molar-refractivity contribution in [1.82, 2.24) is 34.5 Å². The third-order valence-electron chi connectivity index (χ3n) is 16.2. The van der Waals surface area contributed by atoms with Gasteiger partial charge >= 0.3 is 5.69 Å². The van der Waals surface area contributed by atoms with Crippen LogP contribution in [-0.4, -0.2) is 119 Å². The molecule has 2 aliphatic carbocycles. The van der Waals surface area contributed by atoms with E-state index in [0.717, 1.165) is 70.3 Å². The van der Waals surface area contributed by atoms with Crippen molar-refractivity contribution in [3.63, 3.8) is 0 Å². The molecule has 2 saturated heterocycles. The predicted molar refractivity (Wildman–Crippen MR) is 286 cm³/mol. The van der Waals surface area contributed by atoms with E-state index in [9.17, 15) is 32.8 Å². The first-order chi connectivity index (χ1) is 36.9. The number of carbonyl (C=O) groups is 1. The van der Waals surface area contributed by atoms with E-state index in [4.69, 9.17) is 18.9 Å². The van der Waals surface area contributed by atoms with Gasteiger partial charge in [0, 0.05) is 93.7 Å². The molecule has 0 bridgehead atoms. The molecule has 2 aliphatic heterocycles. The van der Waals surface area contributed by atoms with Crippen molar-refractivity contribution in [2.24, 2.45) is 11.3 Å². The minimum atomic E-state index is -4.77. The Morgan fingerprint density at radius 3 is 2.45 bits per heavy atom. The van der Waals surface area contributed by atoms with E-state index in [1.54, 1.807) is 32.4 Å². The SMILES string of the molecule is COc1cc(CN2CCN(C3CC4(CCN(c5ccc(C(=O)NS(=O)(=O)c6cnc(OCC7CCC(C)(O)CC7)c([N+](=O)[O-])c6)c(Oc6cc7c(F)c[nH]c7nc6OC)c5)CC4)C3)[C@H](c3ccccc3C(C)C)C2)ccn1. The maximum Gasteiger partial charge on any atom is 0.332 e. The van der Waals surface area contributed by atoms with Gasteiger partial charge in [-0.05, 0) is 110 Å². The van der Waals surface area contributed by atoms with Gasteiger partial charge in [0.2, 0.25) is 5.88 Å². The lowest BCUT2D eigenvalue weighted by molar-refractivity contribution is -0.386. The molecule has 10 rings (SSSR count). The molecule has 3 N–H and O–H groups in total. The maximum absolute atomic E-state index is 14.9. The quantitative estimate of drug-likeness (QED) is 0.0572. The smallest absolute Gasteiger partial charge is 0.332 e. The Morgan fingerprint density at radius 1 is 0.961 bits per heavy atom. The highest BCUT2D eigenvalue weighted by Gasteiger charge is 2.50. The number of hydrogen-bond acceptors (Lipinski definition) is 16. The molecular weight excluding hydrogens is 1010 g/mol. The van der Waals surface area contributed by atoms with Gasteiger partial charge in [-0.3, -0.25) is 24.7 Å². The number of amides is 1. The number of piperidine rings is 1. The summed E-state index contributed by atoms with van der Waals surface area (Å²) in [6.45, 7) is 11.4. The van der Waals surface area contributed by atoms with Crippen molar-refractivity contribution in [3.8, 4) is 29.1 Å². The zero-order valence-electron chi connectivity index (χ0n) is 44.0. The highest BCUT2D eigenvalue weighted by molar-refractivity contribution is 7.90. The Labute approximate surface area is 447 Å². The van der Waals surface area contributed by atoms with E-state index in [-0.39, 0.29) is 63.8 Å². The number of methoxy groups -OCH3 is 2. The molecule has 2 aromatic carbocycles. The van der Waals surface area contributed by atoms with E-state index >= 15 is 0 Å². The topological polar surface area (TPSA) is 228 Å². The average molecular weight is 1080 g/mol. The summed E-state index contributed by atoms with van der Waals surface area (Å²) in [4.78, 5) is 47.9. The van der Waals surface area contributed by atoms with Crippen molar-refractivity contribution in [2.45, 2.75) is 107 Å². The van der Waals surface area contributed by atoms with Crippen LogP contribution in [0, 0.1) is 27.3 Å². The van der Waals surface area contributed by atoms with Gasteiger partial charge in [0.1, 0.15) is 22.1 Å². The fourth-order valence-corrected chi connectivity index (χ4v) is 12.7. The van der Waals surface area contributed by atoms with Gasteiger partial charge in [-0.2, -0.15) is 4.98 Å². The second kappa shape index (κ2) is 21.8. The zero-order valence-corrected chi connectivity index (χ0v) is 44.9. The zero-order chi connectivity index (χ0) is 54.2. The number of carbonyl (C=O) groups excluding carboxylic acids is 1. The molecule has 4 fully saturated rings. The summed E-state index contributed by atoms with van der Waals surface area (Å²) >= 11 is 0. The summed E-state index contributed by atoms with van der Waals surface area (Å²) < 4.78 is 67.7. The van der Waals surface area contributed by atoms with Crippen LogP contribution in [0.1, 0.15) is 111 Å². The van der Waals surface area contributed by atoms with E-state index in [2.05, 4.69) is 78.8 Å².